The highest BCUT2D eigenvalue weighted by Crippen LogP contribution is 2.33. The molecule has 2 aromatic heterocycles. The third kappa shape index (κ3) is 3.08. The summed E-state index contributed by atoms with van der Waals surface area (Å²) in [4.78, 5) is 7.94. The lowest BCUT2D eigenvalue weighted by Crippen LogP contribution is -1.99. The number of rotatable bonds is 6. The van der Waals surface area contributed by atoms with Gasteiger partial charge in [-0.25, -0.2) is 4.98 Å². The first-order valence-corrected chi connectivity index (χ1v) is 8.05. The van der Waals surface area contributed by atoms with Crippen molar-refractivity contribution in [3.63, 3.8) is 0 Å². The number of unbranched alkanes of at least 4 members (excludes halogenated alkanes) is 1. The van der Waals surface area contributed by atoms with Crippen molar-refractivity contribution in [1.29, 1.82) is 0 Å². The number of hydrogen-bond acceptors (Lipinski definition) is 3. The van der Waals surface area contributed by atoms with E-state index in [0.717, 1.165) is 37.1 Å². The van der Waals surface area contributed by atoms with E-state index in [9.17, 15) is 0 Å². The van der Waals surface area contributed by atoms with Gasteiger partial charge < -0.3 is 15.5 Å². The molecule has 0 saturated heterocycles. The fraction of sp³-hybridized carbons (Fsp3) is 0.316. The van der Waals surface area contributed by atoms with E-state index in [0.29, 0.717) is 5.88 Å². The molecule has 4 heteroatoms. The largest absolute Gasteiger partial charge is 0.481 e. The van der Waals surface area contributed by atoms with Gasteiger partial charge in [-0.1, -0.05) is 18.2 Å². The van der Waals surface area contributed by atoms with Crippen molar-refractivity contribution in [3.8, 4) is 17.1 Å². The minimum absolute atomic E-state index is 0.630. The summed E-state index contributed by atoms with van der Waals surface area (Å²) >= 11 is 0. The molecule has 0 aliphatic carbocycles. The minimum Gasteiger partial charge on any atom is -0.481 e. The second kappa shape index (κ2) is 6.84. The Morgan fingerprint density at radius 3 is 2.74 bits per heavy atom. The average Bonchev–Trinajstić information content (AvgIpc) is 2.95. The van der Waals surface area contributed by atoms with Gasteiger partial charge in [0.25, 0.3) is 0 Å². The van der Waals surface area contributed by atoms with E-state index in [1.54, 1.807) is 7.11 Å². The van der Waals surface area contributed by atoms with Crippen LogP contribution in [0.5, 0.6) is 5.88 Å². The predicted molar refractivity (Wildman–Crippen MR) is 94.8 cm³/mol. The number of nitrogens with zero attached hydrogens (tertiary/aromatic N) is 1. The number of aryl methyl sites for hydroxylation is 2. The van der Waals surface area contributed by atoms with Crippen LogP contribution < -0.4 is 10.5 Å². The number of aromatic amines is 1. The molecule has 0 radical (unpaired) electrons. The molecule has 3 N–H and O–H groups in total. The SMILES string of the molecule is COc1ccc(-c2[nH]c3c(C)cccc3c2CCCCN)cn1. The van der Waals surface area contributed by atoms with E-state index in [1.807, 2.05) is 12.3 Å². The zero-order chi connectivity index (χ0) is 16.2. The molecule has 0 aliphatic heterocycles. The molecule has 0 spiro atoms. The Bertz CT molecular complexity index is 790. The van der Waals surface area contributed by atoms with Gasteiger partial charge in [0.2, 0.25) is 5.88 Å². The summed E-state index contributed by atoms with van der Waals surface area (Å²) in [5.41, 5.74) is 11.7. The van der Waals surface area contributed by atoms with Crippen LogP contribution in [0.3, 0.4) is 0 Å². The standard InChI is InChI=1S/C19H23N3O/c1-13-6-5-8-15-16(7-3-4-11-20)19(22-18(13)15)14-9-10-17(23-2)21-12-14/h5-6,8-10,12,22H,3-4,7,11,20H2,1-2H3. The van der Waals surface area contributed by atoms with Crippen LogP contribution in [-0.4, -0.2) is 23.6 Å². The lowest BCUT2D eigenvalue weighted by molar-refractivity contribution is 0.398. The first-order chi connectivity index (χ1) is 11.2. The van der Waals surface area contributed by atoms with Gasteiger partial charge >= 0.3 is 0 Å². The molecule has 23 heavy (non-hydrogen) atoms. The summed E-state index contributed by atoms with van der Waals surface area (Å²) in [5.74, 6) is 0.630. The molecule has 0 saturated carbocycles. The number of benzene rings is 1. The van der Waals surface area contributed by atoms with Gasteiger partial charge in [-0.3, -0.25) is 0 Å². The number of methoxy groups -OCH3 is 1. The van der Waals surface area contributed by atoms with Crippen molar-refractivity contribution in [2.75, 3.05) is 13.7 Å². The topological polar surface area (TPSA) is 63.9 Å². The van der Waals surface area contributed by atoms with Crippen LogP contribution in [0.1, 0.15) is 24.0 Å². The van der Waals surface area contributed by atoms with Crippen molar-refractivity contribution >= 4 is 10.9 Å². The fourth-order valence-corrected chi connectivity index (χ4v) is 3.02. The first-order valence-electron chi connectivity index (χ1n) is 8.05. The van der Waals surface area contributed by atoms with E-state index in [-0.39, 0.29) is 0 Å². The molecule has 0 bridgehead atoms. The van der Waals surface area contributed by atoms with Gasteiger partial charge in [0.1, 0.15) is 0 Å². The van der Waals surface area contributed by atoms with Crippen LogP contribution in [0, 0.1) is 6.92 Å². The highest BCUT2D eigenvalue weighted by atomic mass is 16.5. The molecule has 3 aromatic rings. The fourth-order valence-electron chi connectivity index (χ4n) is 3.02. The maximum absolute atomic E-state index is 5.65. The average molecular weight is 309 g/mol. The molecular formula is C19H23N3O. The molecule has 1 aromatic carbocycles. The molecule has 2 heterocycles. The Morgan fingerprint density at radius 1 is 1.17 bits per heavy atom. The van der Waals surface area contributed by atoms with Crippen LogP contribution in [0.2, 0.25) is 0 Å². The second-order valence-electron chi connectivity index (χ2n) is 5.81. The Kier molecular flexibility index (Phi) is 4.63. The van der Waals surface area contributed by atoms with Crippen LogP contribution in [0.25, 0.3) is 22.2 Å². The quantitative estimate of drug-likeness (QED) is 0.680. The smallest absolute Gasteiger partial charge is 0.212 e. The highest BCUT2D eigenvalue weighted by molar-refractivity contribution is 5.92. The molecule has 0 unspecified atom stereocenters. The number of fused-ring (bicyclic) bond motifs is 1. The molecule has 0 amide bonds. The zero-order valence-electron chi connectivity index (χ0n) is 13.7. The molecular weight excluding hydrogens is 286 g/mol. The van der Waals surface area contributed by atoms with Gasteiger partial charge in [0, 0.05) is 28.7 Å². The van der Waals surface area contributed by atoms with Crippen molar-refractivity contribution in [2.45, 2.75) is 26.2 Å². The second-order valence-corrected chi connectivity index (χ2v) is 5.81. The number of para-hydroxylation sites is 1. The maximum Gasteiger partial charge on any atom is 0.212 e. The van der Waals surface area contributed by atoms with E-state index >= 15 is 0 Å². The van der Waals surface area contributed by atoms with E-state index in [4.69, 9.17) is 10.5 Å². The van der Waals surface area contributed by atoms with Crippen LogP contribution in [0.4, 0.5) is 0 Å². The first kappa shape index (κ1) is 15.6. The molecule has 120 valence electrons. The van der Waals surface area contributed by atoms with Crippen molar-refractivity contribution in [2.24, 2.45) is 5.73 Å². The van der Waals surface area contributed by atoms with Gasteiger partial charge in [0.15, 0.2) is 0 Å². The molecule has 0 aliphatic rings. The summed E-state index contributed by atoms with van der Waals surface area (Å²) in [6.07, 6.45) is 5.01. The number of aromatic nitrogens is 2. The summed E-state index contributed by atoms with van der Waals surface area (Å²) < 4.78 is 5.16. The molecule has 4 nitrogen and oxygen atoms in total. The molecule has 0 fully saturated rings. The molecule has 3 rings (SSSR count). The number of ether oxygens (including phenoxy) is 1. The van der Waals surface area contributed by atoms with Crippen LogP contribution in [0.15, 0.2) is 36.5 Å². The van der Waals surface area contributed by atoms with Crippen molar-refractivity contribution in [3.05, 3.63) is 47.7 Å². The van der Waals surface area contributed by atoms with E-state index in [2.05, 4.69) is 41.2 Å². The van der Waals surface area contributed by atoms with Crippen molar-refractivity contribution in [1.82, 2.24) is 9.97 Å². The van der Waals surface area contributed by atoms with E-state index in [1.165, 1.54) is 22.0 Å². The van der Waals surface area contributed by atoms with Gasteiger partial charge in [0.05, 0.1) is 12.8 Å². The van der Waals surface area contributed by atoms with Crippen molar-refractivity contribution < 1.29 is 4.74 Å². The van der Waals surface area contributed by atoms with E-state index < -0.39 is 0 Å². The Morgan fingerprint density at radius 2 is 2.04 bits per heavy atom. The summed E-state index contributed by atoms with van der Waals surface area (Å²) in [6.45, 7) is 2.87. The summed E-state index contributed by atoms with van der Waals surface area (Å²) in [7, 11) is 1.63. The number of nitrogens with one attached hydrogen (secondary N) is 1. The predicted octanol–water partition coefficient (Wildman–Crippen LogP) is 3.83. The molecule has 0 atom stereocenters. The van der Waals surface area contributed by atoms with Gasteiger partial charge in [-0.05, 0) is 49.9 Å². The lowest BCUT2D eigenvalue weighted by atomic mass is 10.0. The highest BCUT2D eigenvalue weighted by Gasteiger charge is 2.14. The number of hydrogen-bond donors (Lipinski definition) is 2. The summed E-state index contributed by atoms with van der Waals surface area (Å²) in [6, 6.07) is 10.4. The van der Waals surface area contributed by atoms with Crippen LogP contribution >= 0.6 is 0 Å². The third-order valence-electron chi connectivity index (χ3n) is 4.26. The lowest BCUT2D eigenvalue weighted by Gasteiger charge is -2.06. The normalized spacial score (nSPS) is 11.1. The maximum atomic E-state index is 5.65. The monoisotopic (exact) mass is 309 g/mol. The third-order valence-corrected chi connectivity index (χ3v) is 4.26. The Labute approximate surface area is 136 Å². The number of pyridine rings is 1. The Hall–Kier alpha value is -2.33. The minimum atomic E-state index is 0.630. The Balaban J connectivity index is 2.09. The van der Waals surface area contributed by atoms with Gasteiger partial charge in [-0.15, -0.1) is 0 Å². The van der Waals surface area contributed by atoms with Crippen LogP contribution in [-0.2, 0) is 6.42 Å². The number of H-pyrrole nitrogens is 1. The zero-order valence-corrected chi connectivity index (χ0v) is 13.7. The summed E-state index contributed by atoms with van der Waals surface area (Å²) in [5, 5.41) is 1.30. The number of nitrogens with two attached hydrogens (primary N) is 1. The van der Waals surface area contributed by atoms with Gasteiger partial charge in [-0.2, -0.15) is 0 Å².